The summed E-state index contributed by atoms with van der Waals surface area (Å²) in [7, 11) is -5.76. The van der Waals surface area contributed by atoms with Gasteiger partial charge >= 0.3 is 0 Å². The monoisotopic (exact) mass is 968 g/mol. The highest BCUT2D eigenvalue weighted by atomic mass is 35.5. The van der Waals surface area contributed by atoms with Crippen LogP contribution in [-0.4, -0.2) is 75.0 Å². The summed E-state index contributed by atoms with van der Waals surface area (Å²) in [6.07, 6.45) is -1.74. The molecule has 2 aliphatic rings. The number of hydrogen-bond donors (Lipinski definition) is 4. The molecule has 0 aliphatic heterocycles. The summed E-state index contributed by atoms with van der Waals surface area (Å²) >= 11 is 7.54. The van der Waals surface area contributed by atoms with Gasteiger partial charge in [-0.15, -0.1) is 21.9 Å². The molecule has 2 aromatic carbocycles. The lowest BCUT2D eigenvalue weighted by Crippen LogP contribution is -2.38. The minimum absolute atomic E-state index is 0.00971. The topological polar surface area (TPSA) is 212 Å². The number of aromatic nitrogens is 8. The van der Waals surface area contributed by atoms with Crippen LogP contribution in [0.1, 0.15) is 53.1 Å². The number of rotatable bonds is 12. The number of alkyl halides is 4. The maximum atomic E-state index is 15.5. The van der Waals surface area contributed by atoms with Crippen molar-refractivity contribution in [2.45, 2.75) is 48.0 Å². The number of hydrogen-bond acceptors (Lipinski definition) is 12. The Labute approximate surface area is 367 Å². The van der Waals surface area contributed by atoms with E-state index in [0.717, 1.165) is 34.3 Å². The van der Waals surface area contributed by atoms with Gasteiger partial charge in [-0.3, -0.25) is 37.3 Å². The van der Waals surface area contributed by atoms with Crippen molar-refractivity contribution in [3.05, 3.63) is 103 Å². The quantitative estimate of drug-likeness (QED) is 0.0894. The van der Waals surface area contributed by atoms with Crippen LogP contribution in [-0.2, 0) is 40.8 Å². The van der Waals surface area contributed by atoms with Crippen molar-refractivity contribution in [3.63, 3.8) is 0 Å². The van der Waals surface area contributed by atoms with Gasteiger partial charge in [-0.1, -0.05) is 11.6 Å². The van der Waals surface area contributed by atoms with Gasteiger partial charge in [0.15, 0.2) is 11.5 Å². The van der Waals surface area contributed by atoms with Gasteiger partial charge in [-0.2, -0.15) is 19.0 Å². The van der Waals surface area contributed by atoms with Crippen LogP contribution in [0.3, 0.4) is 0 Å². The highest BCUT2D eigenvalue weighted by molar-refractivity contribution is 8.24. The number of nitrogens with zero attached hydrogens (tertiary/aromatic N) is 8. The zero-order valence-electron chi connectivity index (χ0n) is 33.0. The second-order valence-electron chi connectivity index (χ2n) is 15.4. The van der Waals surface area contributed by atoms with E-state index in [2.05, 4.69) is 30.2 Å². The third-order valence-corrected chi connectivity index (χ3v) is 14.2. The minimum Gasteiger partial charge on any atom is -0.344 e. The molecule has 7 aromatic rings. The molecule has 1 fully saturated rings. The summed E-state index contributed by atoms with van der Waals surface area (Å²) in [5, 5.41) is 12.0. The number of amides is 1. The van der Waals surface area contributed by atoms with Gasteiger partial charge in [0.05, 0.1) is 45.0 Å². The Morgan fingerprint density at radius 2 is 1.75 bits per heavy atom. The Kier molecular flexibility index (Phi) is 10.4. The maximum absolute atomic E-state index is 15.5. The summed E-state index contributed by atoms with van der Waals surface area (Å²) in [6, 6.07) is 6.30. The number of fused-ring (bicyclic) bond motifs is 5. The fourth-order valence-corrected chi connectivity index (χ4v) is 10.6. The minimum atomic E-state index is -3.95. The number of carbonyl (C=O) groups excluding carboxylic acids is 1. The van der Waals surface area contributed by atoms with Crippen molar-refractivity contribution in [3.8, 4) is 17.1 Å². The second-order valence-corrected chi connectivity index (χ2v) is 20.8. The third-order valence-electron chi connectivity index (χ3n) is 10.7. The van der Waals surface area contributed by atoms with Crippen molar-refractivity contribution >= 4 is 77.2 Å². The molecule has 0 spiro atoms. The molecule has 1 amide bonds. The maximum Gasteiger partial charge on any atom is 0.293 e. The molecule has 26 heteroatoms. The molecule has 64 heavy (non-hydrogen) atoms. The van der Waals surface area contributed by atoms with E-state index in [9.17, 15) is 44.7 Å². The van der Waals surface area contributed by atoms with Gasteiger partial charge in [0, 0.05) is 42.7 Å². The number of nitrogens with one attached hydrogen (secondary N) is 2. The van der Waals surface area contributed by atoms with Gasteiger partial charge in [0.1, 0.15) is 41.1 Å². The van der Waals surface area contributed by atoms with E-state index in [4.69, 9.17) is 16.6 Å². The number of benzene rings is 2. The van der Waals surface area contributed by atoms with Crippen molar-refractivity contribution in [1.29, 1.82) is 0 Å². The molecule has 4 N–H and O–H groups in total. The molecule has 5 aromatic heterocycles. The molecule has 9 rings (SSSR count). The molecule has 0 bridgehead atoms. The van der Waals surface area contributed by atoms with E-state index in [-0.39, 0.29) is 77.6 Å². The third kappa shape index (κ3) is 7.65. The van der Waals surface area contributed by atoms with Crippen LogP contribution in [0.25, 0.3) is 39.0 Å². The van der Waals surface area contributed by atoms with Crippen LogP contribution < -0.4 is 15.6 Å². The first-order valence-corrected chi connectivity index (χ1v) is 23.9. The molecule has 5 heterocycles. The van der Waals surface area contributed by atoms with Crippen LogP contribution in [0.5, 0.6) is 0 Å². The highest BCUT2D eigenvalue weighted by Crippen LogP contribution is 2.68. The first-order chi connectivity index (χ1) is 30.0. The average Bonchev–Trinajstić information content (AvgIpc) is 3.41. The predicted molar refractivity (Wildman–Crippen MR) is 224 cm³/mol. The number of halogens is 7. The summed E-state index contributed by atoms with van der Waals surface area (Å²) in [6.45, 7) is -1.03. The summed E-state index contributed by atoms with van der Waals surface area (Å²) in [4.78, 5) is 42.6. The fraction of sp³-hybridized carbons (Fsp3) is 0.289. The van der Waals surface area contributed by atoms with Crippen LogP contribution in [0, 0.1) is 17.6 Å². The zero-order valence-corrected chi connectivity index (χ0v) is 36.2. The predicted octanol–water partition coefficient (Wildman–Crippen LogP) is 7.28. The van der Waals surface area contributed by atoms with E-state index in [1.54, 1.807) is 0 Å². The SMILES string of the molecule is Cn1nc(NS(C)(=O)=O)c2c(Cl)ccc(-n3c([C@H](Cc4cc(F)cc(F)c4)NC(=O)Cn4nc(C(F)F)c5c4C(F)(F)[C@@H]4C[C@H]54)nc4nc(-c5csc(S(C)(O)O)n5)ccc4c3=O)c21. The van der Waals surface area contributed by atoms with Crippen molar-refractivity contribution in [2.75, 3.05) is 17.2 Å². The van der Waals surface area contributed by atoms with E-state index < -0.39 is 98.3 Å². The van der Waals surface area contributed by atoms with Crippen molar-refractivity contribution < 1.29 is 48.7 Å². The summed E-state index contributed by atoms with van der Waals surface area (Å²) in [5.74, 6) is -9.43. The van der Waals surface area contributed by atoms with E-state index in [0.29, 0.717) is 10.7 Å². The molecular weight excluding hydrogens is 938 g/mol. The Hall–Kier alpha value is -5.60. The molecular formula is C38H31ClF6N10O6S3. The highest BCUT2D eigenvalue weighted by Gasteiger charge is 2.67. The molecule has 1 saturated carbocycles. The van der Waals surface area contributed by atoms with Crippen molar-refractivity contribution in [2.24, 2.45) is 13.0 Å². The summed E-state index contributed by atoms with van der Waals surface area (Å²) in [5.41, 5.74) is -2.97. The number of sulfonamides is 1. The van der Waals surface area contributed by atoms with Gasteiger partial charge in [0.2, 0.25) is 20.3 Å². The van der Waals surface area contributed by atoms with Gasteiger partial charge in [-0.05, 0) is 54.3 Å². The largest absolute Gasteiger partial charge is 0.344 e. The number of aryl methyl sites for hydroxylation is 1. The summed E-state index contributed by atoms with van der Waals surface area (Å²) < 4.78 is 139. The number of thiazole rings is 1. The van der Waals surface area contributed by atoms with Crippen LogP contribution >= 0.6 is 33.5 Å². The molecule has 336 valence electrons. The molecule has 0 saturated heterocycles. The standard InChI is InChI=1S/C38H31ClF6N10O6S3/c1-53-30-25(7-5-21(39)28(30)34(51-53)52-64(3,60)61)55-35(49-33-18(36(55)57)4-6-22(47-33)24-14-62-37(48-24)63(2,58)59)23(10-15-8-16(40)11-17(41)9-15)46-26(56)13-54-31-27(29(50-54)32(42)43)19-12-20(19)38(31,44)45/h4-9,11,14,19-20,23,32,58-59H,10,12-13H2,1-3H3,(H,46,56)(H,51,52)/t19-,20+,23-/m0/s1. The van der Waals surface area contributed by atoms with E-state index >= 15 is 8.78 Å². The first-order valence-electron chi connectivity index (χ1n) is 18.8. The zero-order chi connectivity index (χ0) is 45.9. The molecule has 3 atom stereocenters. The molecule has 16 nitrogen and oxygen atoms in total. The average molecular weight is 969 g/mol. The van der Waals surface area contributed by atoms with Crippen molar-refractivity contribution in [1.82, 2.24) is 44.4 Å². The first kappa shape index (κ1) is 43.6. The lowest BCUT2D eigenvalue weighted by atomic mass is 10.0. The Morgan fingerprint density at radius 1 is 1.03 bits per heavy atom. The van der Waals surface area contributed by atoms with Crippen LogP contribution in [0.15, 0.2) is 57.0 Å². The second kappa shape index (κ2) is 15.3. The Morgan fingerprint density at radius 3 is 2.41 bits per heavy atom. The lowest BCUT2D eigenvalue weighted by molar-refractivity contribution is -0.123. The number of anilines is 1. The molecule has 2 aliphatic carbocycles. The molecule has 0 radical (unpaired) electrons. The normalized spacial score (nSPS) is 17.5. The van der Waals surface area contributed by atoms with Crippen LogP contribution in [0.2, 0.25) is 5.02 Å². The van der Waals surface area contributed by atoms with E-state index in [1.165, 1.54) is 47.6 Å². The van der Waals surface area contributed by atoms with Gasteiger partial charge < -0.3 is 5.32 Å². The lowest BCUT2D eigenvalue weighted by Gasteiger charge is -2.24. The van der Waals surface area contributed by atoms with Crippen LogP contribution in [0.4, 0.5) is 32.2 Å². The molecule has 0 unspecified atom stereocenters. The smallest absolute Gasteiger partial charge is 0.293 e. The Bertz CT molecular complexity index is 3260. The number of carbonyl (C=O) groups is 1. The van der Waals surface area contributed by atoms with E-state index in [1.807, 2.05) is 0 Å². The fourth-order valence-electron chi connectivity index (χ4n) is 8.16. The Balaban J connectivity index is 1.26. The van der Waals surface area contributed by atoms with Gasteiger partial charge in [-0.25, -0.2) is 40.9 Å². The number of pyridine rings is 1. The van der Waals surface area contributed by atoms with Gasteiger partial charge in [0.25, 0.3) is 17.9 Å².